The molecule has 0 saturated heterocycles. The Balaban J connectivity index is 1.60. The van der Waals surface area contributed by atoms with Crippen LogP contribution < -0.4 is 5.32 Å². The van der Waals surface area contributed by atoms with E-state index in [0.717, 1.165) is 61.2 Å². The Morgan fingerprint density at radius 1 is 1.38 bits per heavy atom. The average Bonchev–Trinajstić information content (AvgIpc) is 3.12. The molecule has 4 rings (SSSR count). The molecule has 0 bridgehead atoms. The standard InChI is InChI=1S/C15H18N4O2/c1-19-8-11(13(17-19)9-6-7-9)16-15(20)14-10-4-2-3-5-12(10)21-18-14/h8-9H,2-7H2,1H3,(H,16,20). The van der Waals surface area contributed by atoms with Gasteiger partial charge in [-0.1, -0.05) is 5.16 Å². The number of fused-ring (bicyclic) bond motifs is 1. The van der Waals surface area contributed by atoms with Gasteiger partial charge in [0, 0.05) is 31.1 Å². The number of hydrogen-bond donors (Lipinski definition) is 1. The van der Waals surface area contributed by atoms with Crippen molar-refractivity contribution in [1.82, 2.24) is 14.9 Å². The van der Waals surface area contributed by atoms with Gasteiger partial charge in [0.15, 0.2) is 5.69 Å². The van der Waals surface area contributed by atoms with Crippen LogP contribution in [0.3, 0.4) is 0 Å². The second-order valence-corrected chi connectivity index (χ2v) is 5.97. The van der Waals surface area contributed by atoms with E-state index in [4.69, 9.17) is 4.52 Å². The minimum absolute atomic E-state index is 0.184. The Bertz CT molecular complexity index is 697. The van der Waals surface area contributed by atoms with E-state index < -0.39 is 0 Å². The van der Waals surface area contributed by atoms with Crippen molar-refractivity contribution in [2.24, 2.45) is 7.05 Å². The maximum absolute atomic E-state index is 12.5. The van der Waals surface area contributed by atoms with Crippen molar-refractivity contribution in [2.45, 2.75) is 44.4 Å². The molecule has 0 radical (unpaired) electrons. The number of rotatable bonds is 3. The zero-order chi connectivity index (χ0) is 14.4. The van der Waals surface area contributed by atoms with Crippen LogP contribution >= 0.6 is 0 Å². The summed E-state index contributed by atoms with van der Waals surface area (Å²) >= 11 is 0. The number of hydrogen-bond acceptors (Lipinski definition) is 4. The number of nitrogens with zero attached hydrogens (tertiary/aromatic N) is 3. The molecule has 2 aromatic rings. The summed E-state index contributed by atoms with van der Waals surface area (Å²) in [6.45, 7) is 0. The molecule has 0 atom stereocenters. The third kappa shape index (κ3) is 2.24. The van der Waals surface area contributed by atoms with Gasteiger partial charge in [-0.3, -0.25) is 9.48 Å². The summed E-state index contributed by atoms with van der Waals surface area (Å²) in [6, 6.07) is 0. The molecule has 0 aromatic carbocycles. The Morgan fingerprint density at radius 3 is 3.00 bits per heavy atom. The number of anilines is 1. The van der Waals surface area contributed by atoms with E-state index in [1.807, 2.05) is 13.2 Å². The van der Waals surface area contributed by atoms with Crippen molar-refractivity contribution >= 4 is 11.6 Å². The van der Waals surface area contributed by atoms with Crippen LogP contribution in [-0.2, 0) is 19.9 Å². The van der Waals surface area contributed by atoms with E-state index in [1.165, 1.54) is 0 Å². The first-order valence-electron chi connectivity index (χ1n) is 7.54. The fourth-order valence-corrected chi connectivity index (χ4v) is 3.00. The van der Waals surface area contributed by atoms with Crippen molar-refractivity contribution in [3.8, 4) is 0 Å². The number of nitrogens with one attached hydrogen (secondary N) is 1. The molecule has 0 unspecified atom stereocenters. The van der Waals surface area contributed by atoms with Crippen LogP contribution in [0.1, 0.15) is 59.1 Å². The molecule has 2 aromatic heterocycles. The molecular weight excluding hydrogens is 268 g/mol. The topological polar surface area (TPSA) is 73.0 Å². The first-order chi connectivity index (χ1) is 10.2. The zero-order valence-electron chi connectivity index (χ0n) is 12.1. The highest BCUT2D eigenvalue weighted by molar-refractivity contribution is 6.04. The summed E-state index contributed by atoms with van der Waals surface area (Å²) in [4.78, 5) is 12.5. The lowest BCUT2D eigenvalue weighted by Crippen LogP contribution is -2.16. The molecule has 2 heterocycles. The maximum atomic E-state index is 12.5. The minimum atomic E-state index is -0.184. The molecule has 1 amide bonds. The summed E-state index contributed by atoms with van der Waals surface area (Å²) in [5.41, 5.74) is 3.21. The Hall–Kier alpha value is -2.11. The number of aryl methyl sites for hydroxylation is 2. The van der Waals surface area contributed by atoms with Crippen molar-refractivity contribution in [2.75, 3.05) is 5.32 Å². The quantitative estimate of drug-likeness (QED) is 0.940. The summed E-state index contributed by atoms with van der Waals surface area (Å²) in [5, 5.41) is 11.4. The second kappa shape index (κ2) is 4.72. The minimum Gasteiger partial charge on any atom is -0.360 e. The SMILES string of the molecule is Cn1cc(NC(=O)c2noc3c2CCCC3)c(C2CC2)n1. The number of carbonyl (C=O) groups excluding carboxylic acids is 1. The van der Waals surface area contributed by atoms with Crippen LogP contribution in [0.25, 0.3) is 0 Å². The lowest BCUT2D eigenvalue weighted by Gasteiger charge is -2.09. The molecule has 21 heavy (non-hydrogen) atoms. The van der Waals surface area contributed by atoms with Gasteiger partial charge >= 0.3 is 0 Å². The predicted octanol–water partition coefficient (Wildman–Crippen LogP) is 2.42. The van der Waals surface area contributed by atoms with E-state index in [0.29, 0.717) is 11.6 Å². The van der Waals surface area contributed by atoms with Gasteiger partial charge in [-0.25, -0.2) is 0 Å². The monoisotopic (exact) mass is 286 g/mol. The highest BCUT2D eigenvalue weighted by Gasteiger charge is 2.31. The molecule has 0 spiro atoms. The summed E-state index contributed by atoms with van der Waals surface area (Å²) in [5.74, 6) is 1.18. The normalized spacial score (nSPS) is 17.6. The smallest absolute Gasteiger partial charge is 0.278 e. The van der Waals surface area contributed by atoms with Gasteiger partial charge in [0.1, 0.15) is 5.76 Å². The Morgan fingerprint density at radius 2 is 2.19 bits per heavy atom. The third-order valence-corrected chi connectivity index (χ3v) is 4.23. The van der Waals surface area contributed by atoms with Gasteiger partial charge in [0.2, 0.25) is 0 Å². The van der Waals surface area contributed by atoms with E-state index in [1.54, 1.807) is 4.68 Å². The molecule has 2 aliphatic rings. The van der Waals surface area contributed by atoms with Gasteiger partial charge < -0.3 is 9.84 Å². The van der Waals surface area contributed by atoms with Crippen LogP contribution in [0, 0.1) is 0 Å². The number of aromatic nitrogens is 3. The molecular formula is C15H18N4O2. The van der Waals surface area contributed by atoms with Crippen LogP contribution in [0.4, 0.5) is 5.69 Å². The molecule has 1 saturated carbocycles. The molecule has 1 fully saturated rings. The third-order valence-electron chi connectivity index (χ3n) is 4.23. The highest BCUT2D eigenvalue weighted by Crippen LogP contribution is 2.42. The van der Waals surface area contributed by atoms with Crippen molar-refractivity contribution in [1.29, 1.82) is 0 Å². The maximum Gasteiger partial charge on any atom is 0.278 e. The summed E-state index contributed by atoms with van der Waals surface area (Å²) in [7, 11) is 1.87. The second-order valence-electron chi connectivity index (χ2n) is 5.97. The van der Waals surface area contributed by atoms with Crippen molar-refractivity contribution in [3.05, 3.63) is 28.9 Å². The zero-order valence-corrected chi connectivity index (χ0v) is 12.1. The van der Waals surface area contributed by atoms with E-state index in [2.05, 4.69) is 15.6 Å². The van der Waals surface area contributed by atoms with Gasteiger partial charge in [-0.15, -0.1) is 0 Å². The molecule has 1 N–H and O–H groups in total. The molecule has 6 nitrogen and oxygen atoms in total. The lowest BCUT2D eigenvalue weighted by atomic mass is 9.96. The van der Waals surface area contributed by atoms with Gasteiger partial charge in [-0.2, -0.15) is 5.10 Å². The summed E-state index contributed by atoms with van der Waals surface area (Å²) in [6.07, 6.45) is 8.13. The fourth-order valence-electron chi connectivity index (χ4n) is 3.00. The van der Waals surface area contributed by atoms with Gasteiger partial charge in [-0.05, 0) is 32.1 Å². The van der Waals surface area contributed by atoms with Crippen LogP contribution in [0.2, 0.25) is 0 Å². The number of amides is 1. The van der Waals surface area contributed by atoms with Crippen LogP contribution in [-0.4, -0.2) is 20.8 Å². The summed E-state index contributed by atoms with van der Waals surface area (Å²) < 4.78 is 7.06. The van der Waals surface area contributed by atoms with E-state index in [-0.39, 0.29) is 5.91 Å². The number of carbonyl (C=O) groups is 1. The Kier molecular flexibility index (Phi) is 2.83. The predicted molar refractivity (Wildman–Crippen MR) is 76.3 cm³/mol. The average molecular weight is 286 g/mol. The van der Waals surface area contributed by atoms with E-state index in [9.17, 15) is 4.79 Å². The lowest BCUT2D eigenvalue weighted by molar-refractivity contribution is 0.101. The molecule has 0 aliphatic heterocycles. The molecule has 2 aliphatic carbocycles. The Labute approximate surface area is 122 Å². The highest BCUT2D eigenvalue weighted by atomic mass is 16.5. The largest absolute Gasteiger partial charge is 0.360 e. The molecule has 6 heteroatoms. The first kappa shape index (κ1) is 12.6. The molecule has 110 valence electrons. The van der Waals surface area contributed by atoms with Gasteiger partial charge in [0.25, 0.3) is 5.91 Å². The van der Waals surface area contributed by atoms with Crippen molar-refractivity contribution < 1.29 is 9.32 Å². The fraction of sp³-hybridized carbons (Fsp3) is 0.533. The van der Waals surface area contributed by atoms with Crippen LogP contribution in [0.15, 0.2) is 10.7 Å². The van der Waals surface area contributed by atoms with E-state index >= 15 is 0 Å². The first-order valence-corrected chi connectivity index (χ1v) is 7.54. The van der Waals surface area contributed by atoms with Gasteiger partial charge in [0.05, 0.1) is 11.4 Å². The van der Waals surface area contributed by atoms with Crippen molar-refractivity contribution in [3.63, 3.8) is 0 Å². The van der Waals surface area contributed by atoms with Crippen LogP contribution in [0.5, 0.6) is 0 Å².